The number of amides is 1. The van der Waals surface area contributed by atoms with Crippen LogP contribution in [0.25, 0.3) is 0 Å². The van der Waals surface area contributed by atoms with Gasteiger partial charge < -0.3 is 4.74 Å². The summed E-state index contributed by atoms with van der Waals surface area (Å²) in [7, 11) is -3.01. The van der Waals surface area contributed by atoms with Crippen LogP contribution in [0.4, 0.5) is 29.3 Å². The number of carbonyl (C=O) groups excluding carboxylic acids is 1. The summed E-state index contributed by atoms with van der Waals surface area (Å²) in [5.74, 6) is -2.52. The zero-order valence-electron chi connectivity index (χ0n) is 21.4. The fourth-order valence-electron chi connectivity index (χ4n) is 4.15. The molecule has 4 aromatic carbocycles. The first-order chi connectivity index (χ1) is 19.0. The Hall–Kier alpha value is -4.02. The molecule has 0 spiro atoms. The maximum atomic E-state index is 15.0. The highest BCUT2D eigenvalue weighted by Crippen LogP contribution is 2.37. The summed E-state index contributed by atoms with van der Waals surface area (Å²) in [6, 6.07) is 18.6. The molecule has 0 unspecified atom stereocenters. The van der Waals surface area contributed by atoms with E-state index in [0.29, 0.717) is 9.99 Å². The van der Waals surface area contributed by atoms with Crippen LogP contribution in [0.5, 0.6) is 0 Å². The molecule has 6 nitrogen and oxygen atoms in total. The van der Waals surface area contributed by atoms with Crippen molar-refractivity contribution in [3.05, 3.63) is 125 Å². The summed E-state index contributed by atoms with van der Waals surface area (Å²) in [6.07, 6.45) is -0.740. The Balaban J connectivity index is 1.74. The molecule has 208 valence electrons. The van der Waals surface area contributed by atoms with Crippen LogP contribution in [0.15, 0.2) is 95.9 Å². The van der Waals surface area contributed by atoms with Crippen LogP contribution in [-0.2, 0) is 21.4 Å². The molecule has 0 aliphatic heterocycles. The molecular formula is C29H24ClF3N2O4S. The fourth-order valence-corrected chi connectivity index (χ4v) is 5.91. The van der Waals surface area contributed by atoms with E-state index in [9.17, 15) is 22.0 Å². The third-order valence-corrected chi connectivity index (χ3v) is 8.34. The van der Waals surface area contributed by atoms with Gasteiger partial charge in [-0.1, -0.05) is 35.9 Å². The number of hydrogen-bond donors (Lipinski definition) is 0. The smallest absolute Gasteiger partial charge is 0.414 e. The minimum Gasteiger partial charge on any atom is -0.444 e. The van der Waals surface area contributed by atoms with Crippen molar-refractivity contribution in [3.8, 4) is 0 Å². The fraction of sp³-hybridized carbons (Fsp3) is 0.138. The molecule has 1 atom stereocenters. The molecule has 1 amide bonds. The number of para-hydroxylation sites is 1. The Labute approximate surface area is 235 Å². The molecule has 0 radical (unpaired) electrons. The molecule has 0 aliphatic carbocycles. The minimum absolute atomic E-state index is 0.135. The Morgan fingerprint density at radius 1 is 0.900 bits per heavy atom. The van der Waals surface area contributed by atoms with Gasteiger partial charge in [-0.25, -0.2) is 26.4 Å². The quantitative estimate of drug-likeness (QED) is 0.214. The molecule has 0 aromatic heterocycles. The molecule has 4 rings (SSSR count). The molecule has 0 saturated carbocycles. The number of benzene rings is 4. The number of carbonyl (C=O) groups is 1. The van der Waals surface area contributed by atoms with E-state index >= 15 is 4.39 Å². The highest BCUT2D eigenvalue weighted by Gasteiger charge is 2.34. The second-order valence-corrected chi connectivity index (χ2v) is 11.1. The van der Waals surface area contributed by atoms with Gasteiger partial charge in [-0.3, -0.25) is 9.21 Å². The lowest BCUT2D eigenvalue weighted by Crippen LogP contribution is -2.35. The molecule has 0 N–H and O–H groups in total. The Bertz CT molecular complexity index is 1620. The van der Waals surface area contributed by atoms with E-state index < -0.39 is 51.9 Å². The summed E-state index contributed by atoms with van der Waals surface area (Å²) < 4.78 is 77.4. The number of rotatable bonds is 8. The van der Waals surface area contributed by atoms with Crippen LogP contribution in [0.3, 0.4) is 0 Å². The number of halogens is 4. The predicted molar refractivity (Wildman–Crippen MR) is 147 cm³/mol. The molecule has 0 aliphatic rings. The highest BCUT2D eigenvalue weighted by atomic mass is 35.5. The van der Waals surface area contributed by atoms with Crippen molar-refractivity contribution >= 4 is 39.1 Å². The van der Waals surface area contributed by atoms with E-state index in [1.165, 1.54) is 49.2 Å². The summed E-state index contributed by atoms with van der Waals surface area (Å²) in [5.41, 5.74) is 0.342. The molecule has 4 aromatic rings. The first-order valence-electron chi connectivity index (χ1n) is 12.0. The Kier molecular flexibility index (Phi) is 8.70. The molecular weight excluding hydrogens is 565 g/mol. The normalized spacial score (nSPS) is 12.1. The van der Waals surface area contributed by atoms with E-state index in [4.69, 9.17) is 16.3 Å². The molecule has 0 heterocycles. The summed E-state index contributed by atoms with van der Waals surface area (Å²) in [6.45, 7) is 1.01. The van der Waals surface area contributed by atoms with Crippen LogP contribution in [0.1, 0.15) is 24.1 Å². The average molecular weight is 589 g/mol. The van der Waals surface area contributed by atoms with Gasteiger partial charge in [0.2, 0.25) is 0 Å². The third kappa shape index (κ3) is 6.24. The Morgan fingerprint density at radius 2 is 1.52 bits per heavy atom. The van der Waals surface area contributed by atoms with Crippen molar-refractivity contribution < 1.29 is 31.1 Å². The first kappa shape index (κ1) is 29.0. The standard InChI is InChI=1S/C29H24ClF3N2O4S/c1-19(26-14-10-22(31)16-20(26)18-39-29(36)34(2)24-6-4-3-5-7-24)35(28-17-23(32)11-15-27(28)33)40(37,38)25-12-8-21(30)9-13-25/h3-17,19H,18H2,1-2H3/t19-/m1/s1. The lowest BCUT2D eigenvalue weighted by molar-refractivity contribution is 0.148. The van der Waals surface area contributed by atoms with Gasteiger partial charge in [0.1, 0.15) is 24.1 Å². The van der Waals surface area contributed by atoms with Gasteiger partial charge in [-0.05, 0) is 78.7 Å². The maximum absolute atomic E-state index is 15.0. The van der Waals surface area contributed by atoms with Gasteiger partial charge >= 0.3 is 6.09 Å². The first-order valence-corrected chi connectivity index (χ1v) is 13.8. The Morgan fingerprint density at radius 3 is 2.20 bits per heavy atom. The second-order valence-electron chi connectivity index (χ2n) is 8.82. The lowest BCUT2D eigenvalue weighted by atomic mass is 10.0. The SMILES string of the molecule is C[C@H](c1ccc(F)cc1COC(=O)N(C)c1ccccc1)N(c1cc(F)ccc1F)S(=O)(=O)c1ccc(Cl)cc1. The highest BCUT2D eigenvalue weighted by molar-refractivity contribution is 7.92. The van der Waals surface area contributed by atoms with Gasteiger partial charge in [0.05, 0.1) is 16.6 Å². The van der Waals surface area contributed by atoms with Gasteiger partial charge in [-0.15, -0.1) is 0 Å². The minimum atomic E-state index is -4.51. The third-order valence-electron chi connectivity index (χ3n) is 6.19. The summed E-state index contributed by atoms with van der Waals surface area (Å²) in [5, 5.41) is 0.276. The summed E-state index contributed by atoms with van der Waals surface area (Å²) in [4.78, 5) is 13.7. The van der Waals surface area contributed by atoms with Crippen molar-refractivity contribution in [2.45, 2.75) is 24.5 Å². The zero-order chi connectivity index (χ0) is 29.0. The van der Waals surface area contributed by atoms with Gasteiger partial charge in [0, 0.05) is 23.8 Å². The second kappa shape index (κ2) is 12.0. The van der Waals surface area contributed by atoms with E-state index in [1.807, 2.05) is 0 Å². The van der Waals surface area contributed by atoms with Gasteiger partial charge in [0.25, 0.3) is 10.0 Å². The monoisotopic (exact) mass is 588 g/mol. The van der Waals surface area contributed by atoms with Crippen molar-refractivity contribution in [2.24, 2.45) is 0 Å². The maximum Gasteiger partial charge on any atom is 0.414 e. The van der Waals surface area contributed by atoms with E-state index in [0.717, 1.165) is 30.3 Å². The molecule has 0 saturated heterocycles. The van der Waals surface area contributed by atoms with Crippen molar-refractivity contribution in [1.82, 2.24) is 0 Å². The molecule has 0 fully saturated rings. The largest absolute Gasteiger partial charge is 0.444 e. The number of sulfonamides is 1. The summed E-state index contributed by atoms with van der Waals surface area (Å²) >= 11 is 5.92. The predicted octanol–water partition coefficient (Wildman–Crippen LogP) is 7.49. The van der Waals surface area contributed by atoms with Crippen molar-refractivity contribution in [2.75, 3.05) is 16.3 Å². The zero-order valence-corrected chi connectivity index (χ0v) is 23.0. The molecule has 11 heteroatoms. The topological polar surface area (TPSA) is 66.9 Å². The van der Waals surface area contributed by atoms with Gasteiger partial charge in [-0.2, -0.15) is 0 Å². The molecule has 40 heavy (non-hydrogen) atoms. The van der Waals surface area contributed by atoms with E-state index in [2.05, 4.69) is 0 Å². The van der Waals surface area contributed by atoms with Crippen LogP contribution < -0.4 is 9.21 Å². The number of ether oxygens (including phenoxy) is 1. The van der Waals surface area contributed by atoms with Crippen LogP contribution >= 0.6 is 11.6 Å². The van der Waals surface area contributed by atoms with E-state index in [1.54, 1.807) is 30.3 Å². The van der Waals surface area contributed by atoms with Crippen molar-refractivity contribution in [1.29, 1.82) is 0 Å². The van der Waals surface area contributed by atoms with E-state index in [-0.39, 0.29) is 21.0 Å². The van der Waals surface area contributed by atoms with Crippen LogP contribution in [-0.4, -0.2) is 21.6 Å². The number of hydrogen-bond acceptors (Lipinski definition) is 4. The number of nitrogens with zero attached hydrogens (tertiary/aromatic N) is 2. The molecule has 0 bridgehead atoms. The lowest BCUT2D eigenvalue weighted by Gasteiger charge is -2.32. The number of anilines is 2. The van der Waals surface area contributed by atoms with Gasteiger partial charge in [0.15, 0.2) is 0 Å². The van der Waals surface area contributed by atoms with Crippen LogP contribution in [0.2, 0.25) is 5.02 Å². The van der Waals surface area contributed by atoms with Crippen molar-refractivity contribution in [3.63, 3.8) is 0 Å². The average Bonchev–Trinajstić information content (AvgIpc) is 2.94. The van der Waals surface area contributed by atoms with Crippen LogP contribution in [0, 0.1) is 17.5 Å².